The molecule has 4 rings (SSSR count). The number of hydrogen-bond donors (Lipinski definition) is 1. The smallest absolute Gasteiger partial charge is 0.407 e. The first-order valence-corrected chi connectivity index (χ1v) is 16.4. The maximum Gasteiger partial charge on any atom is 0.407 e. The summed E-state index contributed by atoms with van der Waals surface area (Å²) < 4.78 is 19.2. The van der Waals surface area contributed by atoms with Crippen LogP contribution in [-0.4, -0.2) is 72.9 Å². The lowest BCUT2D eigenvalue weighted by atomic mass is 10.0. The SMILES string of the molecule is C=Cc1c(-c2ccc(OC)c(OC)c2)n(COCC[Si](C)(C)C)c2nnc(C3=CCN(C(=O)O)CC3)cc12. The molecule has 0 aliphatic carbocycles. The summed E-state index contributed by atoms with van der Waals surface area (Å²) in [4.78, 5) is 12.7. The van der Waals surface area contributed by atoms with Gasteiger partial charge in [-0.2, -0.15) is 0 Å². The monoisotopic (exact) mass is 536 g/mol. The van der Waals surface area contributed by atoms with E-state index in [1.807, 2.05) is 41.0 Å². The number of hydrogen-bond acceptors (Lipinski definition) is 6. The molecule has 1 aliphatic rings. The predicted octanol–water partition coefficient (Wildman–Crippen LogP) is 5.84. The van der Waals surface area contributed by atoms with Gasteiger partial charge in [-0.1, -0.05) is 38.4 Å². The maximum atomic E-state index is 11.3. The molecule has 0 saturated heterocycles. The fraction of sp³-hybridized carbons (Fsp3) is 0.393. The number of benzene rings is 1. The van der Waals surface area contributed by atoms with Crippen LogP contribution in [0, 0.1) is 0 Å². The second kappa shape index (κ2) is 11.4. The maximum absolute atomic E-state index is 11.3. The minimum atomic E-state index is -1.25. The van der Waals surface area contributed by atoms with Gasteiger partial charge in [-0.15, -0.1) is 10.2 Å². The summed E-state index contributed by atoms with van der Waals surface area (Å²) in [5, 5.41) is 19.4. The van der Waals surface area contributed by atoms with Crippen LogP contribution in [0.3, 0.4) is 0 Å². The van der Waals surface area contributed by atoms with Gasteiger partial charge in [-0.3, -0.25) is 4.57 Å². The van der Waals surface area contributed by atoms with E-state index in [0.717, 1.165) is 39.5 Å². The Bertz CT molecular complexity index is 1380. The Morgan fingerprint density at radius 3 is 2.53 bits per heavy atom. The summed E-state index contributed by atoms with van der Waals surface area (Å²) in [6, 6.07) is 8.89. The van der Waals surface area contributed by atoms with E-state index in [1.54, 1.807) is 14.2 Å². The molecular weight excluding hydrogens is 500 g/mol. The average molecular weight is 537 g/mol. The molecule has 0 unspecified atom stereocenters. The molecule has 0 saturated carbocycles. The van der Waals surface area contributed by atoms with Crippen molar-refractivity contribution in [2.45, 2.75) is 38.8 Å². The van der Waals surface area contributed by atoms with Gasteiger partial charge in [0.25, 0.3) is 0 Å². The van der Waals surface area contributed by atoms with Gasteiger partial charge in [0.2, 0.25) is 0 Å². The van der Waals surface area contributed by atoms with Gasteiger partial charge in [0.05, 0.1) is 25.6 Å². The molecule has 3 heterocycles. The van der Waals surface area contributed by atoms with E-state index < -0.39 is 14.2 Å². The Labute approximate surface area is 224 Å². The van der Waals surface area contributed by atoms with Crippen LogP contribution in [0.4, 0.5) is 4.79 Å². The highest BCUT2D eigenvalue weighted by Crippen LogP contribution is 2.39. The number of methoxy groups -OCH3 is 2. The number of rotatable bonds is 10. The zero-order valence-electron chi connectivity index (χ0n) is 22.8. The van der Waals surface area contributed by atoms with Gasteiger partial charge < -0.3 is 24.2 Å². The number of aromatic nitrogens is 3. The molecule has 2 aromatic heterocycles. The van der Waals surface area contributed by atoms with Crippen molar-refractivity contribution in [3.05, 3.63) is 48.2 Å². The first kappa shape index (κ1) is 27.4. The fourth-order valence-corrected chi connectivity index (χ4v) is 5.31. The molecule has 0 radical (unpaired) electrons. The summed E-state index contributed by atoms with van der Waals surface area (Å²) in [6.07, 6.45) is 3.41. The average Bonchev–Trinajstić information content (AvgIpc) is 3.22. The van der Waals surface area contributed by atoms with Crippen molar-refractivity contribution < 1.29 is 24.1 Å². The molecule has 0 spiro atoms. The van der Waals surface area contributed by atoms with E-state index in [1.165, 1.54) is 4.90 Å². The van der Waals surface area contributed by atoms with Crippen LogP contribution in [0.1, 0.15) is 17.7 Å². The van der Waals surface area contributed by atoms with Crippen molar-refractivity contribution in [3.63, 3.8) is 0 Å². The second-order valence-electron chi connectivity index (χ2n) is 10.5. The van der Waals surface area contributed by atoms with Crippen molar-refractivity contribution in [2.24, 2.45) is 0 Å². The molecule has 38 heavy (non-hydrogen) atoms. The largest absolute Gasteiger partial charge is 0.493 e. The van der Waals surface area contributed by atoms with E-state index in [0.29, 0.717) is 50.0 Å². The van der Waals surface area contributed by atoms with Gasteiger partial charge in [-0.05, 0) is 42.3 Å². The summed E-state index contributed by atoms with van der Waals surface area (Å²) in [5.74, 6) is 1.27. The number of carbonyl (C=O) groups is 1. The quantitative estimate of drug-likeness (QED) is 0.257. The number of fused-ring (bicyclic) bond motifs is 1. The summed E-state index contributed by atoms with van der Waals surface area (Å²) in [5.41, 5.74) is 5.16. The summed E-state index contributed by atoms with van der Waals surface area (Å²) in [7, 11) is 1.99. The fourth-order valence-electron chi connectivity index (χ4n) is 4.56. The highest BCUT2D eigenvalue weighted by Gasteiger charge is 2.23. The van der Waals surface area contributed by atoms with E-state index in [4.69, 9.17) is 14.2 Å². The topological polar surface area (TPSA) is 98.9 Å². The molecule has 0 atom stereocenters. The molecule has 202 valence electrons. The molecule has 9 nitrogen and oxygen atoms in total. The molecule has 1 N–H and O–H groups in total. The van der Waals surface area contributed by atoms with Crippen molar-refractivity contribution >= 4 is 36.8 Å². The van der Waals surface area contributed by atoms with Gasteiger partial charge in [0, 0.05) is 44.3 Å². The highest BCUT2D eigenvalue weighted by molar-refractivity contribution is 6.76. The lowest BCUT2D eigenvalue weighted by molar-refractivity contribution is 0.0908. The van der Waals surface area contributed by atoms with Crippen LogP contribution in [0.25, 0.3) is 33.9 Å². The molecule has 1 aromatic carbocycles. The molecule has 1 aliphatic heterocycles. The van der Waals surface area contributed by atoms with Crippen LogP contribution in [0.5, 0.6) is 11.5 Å². The van der Waals surface area contributed by atoms with Gasteiger partial charge in [-0.25, -0.2) is 4.79 Å². The molecule has 3 aromatic rings. The molecule has 1 amide bonds. The molecular formula is C28H36N4O5Si. The van der Waals surface area contributed by atoms with E-state index in [2.05, 4.69) is 36.4 Å². The number of amides is 1. The number of carboxylic acid groups (broad SMARTS) is 1. The molecule has 10 heteroatoms. The van der Waals surface area contributed by atoms with E-state index in [9.17, 15) is 9.90 Å². The standard InChI is InChI=1S/C28H36N4O5Si/c1-7-21-22-17-23(19-10-12-31(13-11-19)28(33)34)29-30-27(22)32(18-37-14-15-38(4,5)6)26(21)20-8-9-24(35-2)25(16-20)36-3/h7-10,16-17H,1,11-15,18H2,2-6H3,(H,33,34). The lowest BCUT2D eigenvalue weighted by Gasteiger charge is -2.23. The van der Waals surface area contributed by atoms with Crippen molar-refractivity contribution in [2.75, 3.05) is 33.9 Å². The van der Waals surface area contributed by atoms with Crippen LogP contribution in [0.2, 0.25) is 25.7 Å². The van der Waals surface area contributed by atoms with Gasteiger partial charge >= 0.3 is 6.09 Å². The first-order chi connectivity index (χ1) is 18.2. The van der Waals surface area contributed by atoms with E-state index in [-0.39, 0.29) is 0 Å². The normalized spacial score (nSPS) is 13.9. The third-order valence-electron chi connectivity index (χ3n) is 6.73. The number of nitrogens with zero attached hydrogens (tertiary/aromatic N) is 4. The minimum absolute atomic E-state index is 0.322. The Hall–Kier alpha value is -3.63. The van der Waals surface area contributed by atoms with Crippen molar-refractivity contribution in [3.8, 4) is 22.8 Å². The van der Waals surface area contributed by atoms with Gasteiger partial charge in [0.1, 0.15) is 6.73 Å². The third kappa shape index (κ3) is 5.76. The predicted molar refractivity (Wildman–Crippen MR) is 152 cm³/mol. The zero-order valence-corrected chi connectivity index (χ0v) is 23.8. The highest BCUT2D eigenvalue weighted by atomic mass is 28.3. The van der Waals surface area contributed by atoms with E-state index >= 15 is 0 Å². The Kier molecular flexibility index (Phi) is 8.22. The van der Waals surface area contributed by atoms with Crippen molar-refractivity contribution in [1.82, 2.24) is 19.7 Å². The van der Waals surface area contributed by atoms with Crippen LogP contribution < -0.4 is 9.47 Å². The number of ether oxygens (including phenoxy) is 3. The van der Waals surface area contributed by atoms with Gasteiger partial charge in [0.15, 0.2) is 17.1 Å². The Morgan fingerprint density at radius 2 is 1.92 bits per heavy atom. The summed E-state index contributed by atoms with van der Waals surface area (Å²) in [6.45, 7) is 12.9. The van der Waals surface area contributed by atoms with Crippen LogP contribution in [-0.2, 0) is 11.5 Å². The van der Waals surface area contributed by atoms with Crippen molar-refractivity contribution in [1.29, 1.82) is 0 Å². The lowest BCUT2D eigenvalue weighted by Crippen LogP contribution is -2.33. The van der Waals surface area contributed by atoms with Crippen LogP contribution in [0.15, 0.2) is 36.9 Å². The summed E-state index contributed by atoms with van der Waals surface area (Å²) >= 11 is 0. The molecule has 0 fully saturated rings. The Morgan fingerprint density at radius 1 is 1.16 bits per heavy atom. The van der Waals surface area contributed by atoms with Crippen LogP contribution >= 0.6 is 0 Å². The zero-order chi connectivity index (χ0) is 27.4. The third-order valence-corrected chi connectivity index (χ3v) is 8.44. The second-order valence-corrected chi connectivity index (χ2v) is 16.1. The minimum Gasteiger partial charge on any atom is -0.493 e. The first-order valence-electron chi connectivity index (χ1n) is 12.7. The Balaban J connectivity index is 1.81. The molecule has 0 bridgehead atoms.